The van der Waals surface area contributed by atoms with Crippen molar-refractivity contribution in [2.24, 2.45) is 17.4 Å². The molecule has 0 aromatic carbocycles. The molecule has 0 aliphatic carbocycles. The lowest BCUT2D eigenvalue weighted by atomic mass is 10.0. The molecule has 0 radical (unpaired) electrons. The molecule has 4 amide bonds. The summed E-state index contributed by atoms with van der Waals surface area (Å²) in [6.45, 7) is 3.82. The molecule has 0 fully saturated rings. The Morgan fingerprint density at radius 3 is 2.19 bits per heavy atom. The van der Waals surface area contributed by atoms with Gasteiger partial charge in [0.25, 0.3) is 0 Å². The molecule has 0 heterocycles. The van der Waals surface area contributed by atoms with Gasteiger partial charge < -0.3 is 11.5 Å². The summed E-state index contributed by atoms with van der Waals surface area (Å²) in [6, 6.07) is -0.838. The number of carbonyl (C=O) groups is 3. The third kappa shape index (κ3) is 5.33. The fraction of sp³-hybridized carbons (Fsp3) is 0.700. The first-order valence-corrected chi connectivity index (χ1v) is 5.26. The van der Waals surface area contributed by atoms with Crippen LogP contribution in [0.1, 0.15) is 33.1 Å². The second kappa shape index (κ2) is 6.81. The van der Waals surface area contributed by atoms with Gasteiger partial charge >= 0.3 is 6.03 Å². The first-order chi connectivity index (χ1) is 7.38. The number of hydrogen-bond acceptors (Lipinski definition) is 3. The molecular formula is C10H19N3O3. The molecule has 6 heteroatoms. The van der Waals surface area contributed by atoms with Gasteiger partial charge in [-0.3, -0.25) is 14.5 Å². The molecule has 1 atom stereocenters. The minimum atomic E-state index is -0.838. The van der Waals surface area contributed by atoms with E-state index in [4.69, 9.17) is 11.5 Å². The van der Waals surface area contributed by atoms with Crippen LogP contribution in [0.4, 0.5) is 4.79 Å². The first kappa shape index (κ1) is 14.4. The van der Waals surface area contributed by atoms with E-state index in [1.165, 1.54) is 0 Å². The minimum Gasteiger partial charge on any atom is -0.370 e. The standard InChI is InChI=1S/C10H19N3O3/c1-3-7(2)6-9(15)13(10(12)16)5-4-8(11)14/h7H,3-6H2,1-2H3,(H2,11,14)(H2,12,16)/t7-/m0/s1. The van der Waals surface area contributed by atoms with Crippen molar-refractivity contribution < 1.29 is 14.4 Å². The van der Waals surface area contributed by atoms with E-state index in [9.17, 15) is 14.4 Å². The van der Waals surface area contributed by atoms with Gasteiger partial charge in [-0.15, -0.1) is 0 Å². The zero-order valence-electron chi connectivity index (χ0n) is 9.73. The van der Waals surface area contributed by atoms with Crippen LogP contribution >= 0.6 is 0 Å². The highest BCUT2D eigenvalue weighted by atomic mass is 16.2. The molecule has 0 aromatic heterocycles. The lowest BCUT2D eigenvalue weighted by Gasteiger charge is -2.19. The van der Waals surface area contributed by atoms with E-state index in [-0.39, 0.29) is 31.2 Å². The van der Waals surface area contributed by atoms with Gasteiger partial charge in [0.05, 0.1) is 0 Å². The van der Waals surface area contributed by atoms with Crippen molar-refractivity contribution in [1.82, 2.24) is 4.90 Å². The Balaban J connectivity index is 4.35. The number of carbonyl (C=O) groups excluding carboxylic acids is 3. The number of nitrogens with two attached hydrogens (primary N) is 2. The molecule has 0 saturated carbocycles. The second-order valence-corrected chi connectivity index (χ2v) is 3.82. The summed E-state index contributed by atoms with van der Waals surface area (Å²) >= 11 is 0. The van der Waals surface area contributed by atoms with Gasteiger partial charge in [0.15, 0.2) is 0 Å². The molecule has 0 bridgehead atoms. The van der Waals surface area contributed by atoms with Crippen molar-refractivity contribution in [1.29, 1.82) is 0 Å². The monoisotopic (exact) mass is 229 g/mol. The fourth-order valence-corrected chi connectivity index (χ4v) is 1.13. The maximum atomic E-state index is 11.6. The molecule has 6 nitrogen and oxygen atoms in total. The molecule has 0 saturated heterocycles. The van der Waals surface area contributed by atoms with Crippen LogP contribution < -0.4 is 11.5 Å². The van der Waals surface area contributed by atoms with E-state index < -0.39 is 11.9 Å². The van der Waals surface area contributed by atoms with Crippen LogP contribution in [0.15, 0.2) is 0 Å². The highest BCUT2D eigenvalue weighted by Crippen LogP contribution is 2.09. The van der Waals surface area contributed by atoms with Crippen molar-refractivity contribution in [3.8, 4) is 0 Å². The Labute approximate surface area is 94.9 Å². The highest BCUT2D eigenvalue weighted by Gasteiger charge is 2.20. The summed E-state index contributed by atoms with van der Waals surface area (Å²) in [5.41, 5.74) is 9.99. The largest absolute Gasteiger partial charge is 0.370 e. The molecule has 0 aromatic rings. The number of nitrogens with zero attached hydrogens (tertiary/aromatic N) is 1. The normalized spacial score (nSPS) is 11.9. The fourth-order valence-electron chi connectivity index (χ4n) is 1.13. The Morgan fingerprint density at radius 1 is 1.25 bits per heavy atom. The highest BCUT2D eigenvalue weighted by molar-refractivity contribution is 5.94. The lowest BCUT2D eigenvalue weighted by Crippen LogP contribution is -2.42. The lowest BCUT2D eigenvalue weighted by molar-refractivity contribution is -0.129. The van der Waals surface area contributed by atoms with Gasteiger partial charge in [-0.25, -0.2) is 4.79 Å². The van der Waals surface area contributed by atoms with Gasteiger partial charge in [0.1, 0.15) is 0 Å². The number of primary amides is 2. The quantitative estimate of drug-likeness (QED) is 0.679. The van der Waals surface area contributed by atoms with Gasteiger partial charge in [-0.1, -0.05) is 20.3 Å². The molecule has 0 aliphatic heterocycles. The summed E-state index contributed by atoms with van der Waals surface area (Å²) in [4.78, 5) is 34.1. The van der Waals surface area contributed by atoms with E-state index >= 15 is 0 Å². The minimum absolute atomic E-state index is 0.0417. The summed E-state index contributed by atoms with van der Waals surface area (Å²) in [5, 5.41) is 0. The maximum Gasteiger partial charge on any atom is 0.321 e. The van der Waals surface area contributed by atoms with E-state index in [1.807, 2.05) is 13.8 Å². The van der Waals surface area contributed by atoms with Gasteiger partial charge in [-0.2, -0.15) is 0 Å². The van der Waals surface area contributed by atoms with Gasteiger partial charge in [-0.05, 0) is 5.92 Å². The van der Waals surface area contributed by atoms with Crippen LogP contribution in [0.3, 0.4) is 0 Å². The number of hydrogen-bond donors (Lipinski definition) is 2. The zero-order valence-corrected chi connectivity index (χ0v) is 9.73. The summed E-state index contributed by atoms with van der Waals surface area (Å²) in [5.74, 6) is -0.742. The van der Waals surface area contributed by atoms with Crippen molar-refractivity contribution >= 4 is 17.8 Å². The number of amides is 4. The van der Waals surface area contributed by atoms with E-state index in [1.54, 1.807) is 0 Å². The van der Waals surface area contributed by atoms with E-state index in [0.717, 1.165) is 11.3 Å². The molecule has 16 heavy (non-hydrogen) atoms. The SMILES string of the molecule is CC[C@H](C)CC(=O)N(CCC(N)=O)C(N)=O. The Bertz CT molecular complexity index is 278. The average Bonchev–Trinajstić information content (AvgIpc) is 2.16. The van der Waals surface area contributed by atoms with Crippen molar-refractivity contribution in [3.05, 3.63) is 0 Å². The molecule has 0 unspecified atom stereocenters. The van der Waals surface area contributed by atoms with Gasteiger partial charge in [0.2, 0.25) is 11.8 Å². The third-order valence-corrected chi connectivity index (χ3v) is 2.37. The maximum absolute atomic E-state index is 11.6. The first-order valence-electron chi connectivity index (χ1n) is 5.26. The number of rotatable bonds is 6. The van der Waals surface area contributed by atoms with Crippen LogP contribution in [-0.4, -0.2) is 29.3 Å². The predicted octanol–water partition coefficient (Wildman–Crippen LogP) is 0.205. The molecule has 0 spiro atoms. The van der Waals surface area contributed by atoms with Crippen molar-refractivity contribution in [3.63, 3.8) is 0 Å². The average molecular weight is 229 g/mol. The molecule has 4 N–H and O–H groups in total. The van der Waals surface area contributed by atoms with Crippen LogP contribution in [0.2, 0.25) is 0 Å². The molecule has 0 aliphatic rings. The summed E-state index contributed by atoms with van der Waals surface area (Å²) in [7, 11) is 0. The summed E-state index contributed by atoms with van der Waals surface area (Å²) < 4.78 is 0. The number of imide groups is 1. The topological polar surface area (TPSA) is 106 Å². The third-order valence-electron chi connectivity index (χ3n) is 2.37. The smallest absolute Gasteiger partial charge is 0.321 e. The van der Waals surface area contributed by atoms with E-state index in [0.29, 0.717) is 0 Å². The Kier molecular flexibility index (Phi) is 6.14. The van der Waals surface area contributed by atoms with Gasteiger partial charge in [0, 0.05) is 19.4 Å². The Morgan fingerprint density at radius 2 is 1.81 bits per heavy atom. The van der Waals surface area contributed by atoms with Crippen LogP contribution in [-0.2, 0) is 9.59 Å². The van der Waals surface area contributed by atoms with Crippen LogP contribution in [0, 0.1) is 5.92 Å². The molecule has 92 valence electrons. The van der Waals surface area contributed by atoms with Crippen LogP contribution in [0.25, 0.3) is 0 Å². The summed E-state index contributed by atoms with van der Waals surface area (Å²) in [6.07, 6.45) is 1.03. The molecule has 0 rings (SSSR count). The molecular weight excluding hydrogens is 210 g/mol. The number of urea groups is 1. The van der Waals surface area contributed by atoms with Crippen molar-refractivity contribution in [2.75, 3.05) is 6.54 Å². The second-order valence-electron chi connectivity index (χ2n) is 3.82. The zero-order chi connectivity index (χ0) is 12.7. The van der Waals surface area contributed by atoms with E-state index in [2.05, 4.69) is 0 Å². The van der Waals surface area contributed by atoms with Crippen LogP contribution in [0.5, 0.6) is 0 Å². The van der Waals surface area contributed by atoms with Crippen molar-refractivity contribution in [2.45, 2.75) is 33.1 Å². The Hall–Kier alpha value is -1.59. The predicted molar refractivity (Wildman–Crippen MR) is 59.2 cm³/mol.